The number of carbonyl (C=O) groups excluding carboxylic acids is 1. The molecule has 0 spiro atoms. The van der Waals surface area contributed by atoms with Crippen molar-refractivity contribution < 1.29 is 9.53 Å². The van der Waals surface area contributed by atoms with Crippen LogP contribution in [0.1, 0.15) is 30.2 Å². The Hall–Kier alpha value is -1.17. The fourth-order valence-electron chi connectivity index (χ4n) is 3.34. The van der Waals surface area contributed by atoms with Gasteiger partial charge in [-0.1, -0.05) is 34.1 Å². The van der Waals surface area contributed by atoms with Gasteiger partial charge in [-0.2, -0.15) is 0 Å². The molecule has 0 atom stereocenters. The maximum atomic E-state index is 13.5. The van der Waals surface area contributed by atoms with Gasteiger partial charge in [0.15, 0.2) is 0 Å². The Kier molecular flexibility index (Phi) is 5.74. The first-order valence-corrected chi connectivity index (χ1v) is 9.98. The van der Waals surface area contributed by atoms with Crippen molar-refractivity contribution in [2.45, 2.75) is 31.7 Å². The molecule has 0 unspecified atom stereocenters. The van der Waals surface area contributed by atoms with Gasteiger partial charge in [0, 0.05) is 29.1 Å². The van der Waals surface area contributed by atoms with Crippen LogP contribution >= 0.6 is 27.3 Å². The molecular weight excluding hydrogens is 386 g/mol. The highest BCUT2D eigenvalue weighted by molar-refractivity contribution is 9.10. The number of likely N-dealkylation sites (N-methyl/N-ethyl adjacent to an activating group) is 1. The van der Waals surface area contributed by atoms with Crippen molar-refractivity contribution in [3.63, 3.8) is 0 Å². The molecule has 1 fully saturated rings. The predicted octanol–water partition coefficient (Wildman–Crippen LogP) is 4.61. The van der Waals surface area contributed by atoms with Crippen LogP contribution in [0.3, 0.4) is 0 Å². The van der Waals surface area contributed by atoms with Gasteiger partial charge in [-0.25, -0.2) is 0 Å². The van der Waals surface area contributed by atoms with Crippen molar-refractivity contribution in [2.75, 3.05) is 19.8 Å². The van der Waals surface area contributed by atoms with Crippen LogP contribution in [-0.2, 0) is 21.5 Å². The quantitative estimate of drug-likeness (QED) is 0.723. The fourth-order valence-corrected chi connectivity index (χ4v) is 4.32. The largest absolute Gasteiger partial charge is 0.381 e. The summed E-state index contributed by atoms with van der Waals surface area (Å²) in [6.45, 7) is 4.73. The molecule has 1 amide bonds. The van der Waals surface area contributed by atoms with Crippen LogP contribution in [-0.4, -0.2) is 30.6 Å². The standard InChI is InChI=1S/C19H22BrNO2S/c1-2-21(14-17-4-3-13-24-17)18(22)19(9-11-23-12-10-19)15-5-7-16(20)8-6-15/h3-8,13H,2,9-12,14H2,1H3. The fraction of sp³-hybridized carbons (Fsp3) is 0.421. The highest BCUT2D eigenvalue weighted by Gasteiger charge is 2.43. The van der Waals surface area contributed by atoms with Crippen molar-refractivity contribution in [1.29, 1.82) is 0 Å². The van der Waals surface area contributed by atoms with Crippen molar-refractivity contribution in [2.24, 2.45) is 0 Å². The summed E-state index contributed by atoms with van der Waals surface area (Å²) in [5.74, 6) is 0.226. The Bertz CT molecular complexity index is 663. The first-order valence-electron chi connectivity index (χ1n) is 8.31. The van der Waals surface area contributed by atoms with E-state index < -0.39 is 5.41 Å². The second kappa shape index (κ2) is 7.81. The first kappa shape index (κ1) is 17.6. The van der Waals surface area contributed by atoms with Crippen LogP contribution in [0.2, 0.25) is 0 Å². The van der Waals surface area contributed by atoms with E-state index in [9.17, 15) is 4.79 Å². The Labute approximate surface area is 155 Å². The summed E-state index contributed by atoms with van der Waals surface area (Å²) >= 11 is 5.19. The molecule has 3 rings (SSSR count). The number of hydrogen-bond acceptors (Lipinski definition) is 3. The number of hydrogen-bond donors (Lipinski definition) is 0. The topological polar surface area (TPSA) is 29.5 Å². The molecule has 0 N–H and O–H groups in total. The van der Waals surface area contributed by atoms with Crippen molar-refractivity contribution >= 4 is 33.2 Å². The molecule has 1 aliphatic rings. The van der Waals surface area contributed by atoms with Gasteiger partial charge in [-0.15, -0.1) is 11.3 Å². The molecule has 0 bridgehead atoms. The molecule has 2 heterocycles. The lowest BCUT2D eigenvalue weighted by Crippen LogP contribution is -2.49. The minimum atomic E-state index is -0.466. The van der Waals surface area contributed by atoms with Crippen LogP contribution in [0.4, 0.5) is 0 Å². The molecule has 1 aromatic carbocycles. The van der Waals surface area contributed by atoms with E-state index in [1.165, 1.54) is 4.88 Å². The molecule has 0 saturated carbocycles. The van der Waals surface area contributed by atoms with E-state index in [1.807, 2.05) is 23.1 Å². The Morgan fingerprint density at radius 2 is 1.96 bits per heavy atom. The van der Waals surface area contributed by atoms with E-state index in [0.717, 1.165) is 29.4 Å². The number of thiophene rings is 1. The SMILES string of the molecule is CCN(Cc1cccs1)C(=O)C1(c2ccc(Br)cc2)CCOCC1. The molecule has 1 saturated heterocycles. The number of amides is 1. The number of benzene rings is 1. The van der Waals surface area contributed by atoms with Crippen LogP contribution in [0.15, 0.2) is 46.3 Å². The summed E-state index contributed by atoms with van der Waals surface area (Å²) in [7, 11) is 0. The van der Waals surface area contributed by atoms with Gasteiger partial charge in [-0.05, 0) is 48.9 Å². The predicted molar refractivity (Wildman–Crippen MR) is 101 cm³/mol. The summed E-state index contributed by atoms with van der Waals surface area (Å²) in [5.41, 5.74) is 0.635. The lowest BCUT2D eigenvalue weighted by atomic mass is 9.73. The Balaban J connectivity index is 1.92. The van der Waals surface area contributed by atoms with Crippen LogP contribution in [0, 0.1) is 0 Å². The third kappa shape index (κ3) is 3.58. The molecule has 0 aliphatic carbocycles. The number of rotatable bonds is 5. The van der Waals surface area contributed by atoms with Gasteiger partial charge in [0.25, 0.3) is 0 Å². The van der Waals surface area contributed by atoms with Crippen LogP contribution in [0.25, 0.3) is 0 Å². The summed E-state index contributed by atoms with van der Waals surface area (Å²) in [6.07, 6.45) is 1.49. The maximum Gasteiger partial charge on any atom is 0.233 e. The molecule has 24 heavy (non-hydrogen) atoms. The van der Waals surface area contributed by atoms with Crippen molar-refractivity contribution in [3.8, 4) is 0 Å². The summed E-state index contributed by atoms with van der Waals surface area (Å²) in [6, 6.07) is 12.3. The van der Waals surface area contributed by atoms with E-state index in [0.29, 0.717) is 19.8 Å². The minimum absolute atomic E-state index is 0.226. The molecular formula is C19H22BrNO2S. The number of carbonyl (C=O) groups is 1. The number of ether oxygens (including phenoxy) is 1. The average molecular weight is 408 g/mol. The molecule has 1 aliphatic heterocycles. The molecule has 2 aromatic rings. The maximum absolute atomic E-state index is 13.5. The third-order valence-corrected chi connectivity index (χ3v) is 6.14. The highest BCUT2D eigenvalue weighted by atomic mass is 79.9. The summed E-state index contributed by atoms with van der Waals surface area (Å²) in [5, 5.41) is 2.06. The molecule has 5 heteroatoms. The number of halogens is 1. The third-order valence-electron chi connectivity index (χ3n) is 4.75. The minimum Gasteiger partial charge on any atom is -0.381 e. The van der Waals surface area contributed by atoms with Gasteiger partial charge in [0.05, 0.1) is 12.0 Å². The van der Waals surface area contributed by atoms with Gasteiger partial charge >= 0.3 is 0 Å². The van der Waals surface area contributed by atoms with Gasteiger partial charge < -0.3 is 9.64 Å². The second-order valence-electron chi connectivity index (χ2n) is 6.10. The van der Waals surface area contributed by atoms with Crippen LogP contribution < -0.4 is 0 Å². The van der Waals surface area contributed by atoms with Gasteiger partial charge in [0.2, 0.25) is 5.91 Å². The normalized spacial score (nSPS) is 16.8. The monoisotopic (exact) mass is 407 g/mol. The lowest BCUT2D eigenvalue weighted by Gasteiger charge is -2.40. The average Bonchev–Trinajstić information content (AvgIpc) is 3.13. The van der Waals surface area contributed by atoms with E-state index in [4.69, 9.17) is 4.74 Å². The van der Waals surface area contributed by atoms with Crippen LogP contribution in [0.5, 0.6) is 0 Å². The summed E-state index contributed by atoms with van der Waals surface area (Å²) in [4.78, 5) is 16.7. The van der Waals surface area contributed by atoms with E-state index in [2.05, 4.69) is 46.4 Å². The Morgan fingerprint density at radius 1 is 1.25 bits per heavy atom. The van der Waals surface area contributed by atoms with Gasteiger partial charge in [0.1, 0.15) is 0 Å². The number of nitrogens with zero attached hydrogens (tertiary/aromatic N) is 1. The molecule has 3 nitrogen and oxygen atoms in total. The zero-order valence-corrected chi connectivity index (χ0v) is 16.2. The van der Waals surface area contributed by atoms with E-state index >= 15 is 0 Å². The smallest absolute Gasteiger partial charge is 0.233 e. The molecule has 128 valence electrons. The van der Waals surface area contributed by atoms with Crippen molar-refractivity contribution in [1.82, 2.24) is 4.90 Å². The molecule has 1 aromatic heterocycles. The zero-order chi connectivity index (χ0) is 17.0. The highest BCUT2D eigenvalue weighted by Crippen LogP contribution is 2.37. The van der Waals surface area contributed by atoms with Gasteiger partial charge in [-0.3, -0.25) is 4.79 Å². The second-order valence-corrected chi connectivity index (χ2v) is 8.05. The zero-order valence-electron chi connectivity index (χ0n) is 13.8. The molecule has 0 radical (unpaired) electrons. The lowest BCUT2D eigenvalue weighted by molar-refractivity contribution is -0.141. The van der Waals surface area contributed by atoms with E-state index in [-0.39, 0.29) is 5.91 Å². The Morgan fingerprint density at radius 3 is 2.54 bits per heavy atom. The van der Waals surface area contributed by atoms with Crippen molar-refractivity contribution in [3.05, 3.63) is 56.7 Å². The van der Waals surface area contributed by atoms with E-state index in [1.54, 1.807) is 11.3 Å². The summed E-state index contributed by atoms with van der Waals surface area (Å²) < 4.78 is 6.60. The first-order chi connectivity index (χ1) is 11.7.